The van der Waals surface area contributed by atoms with Crippen LogP contribution in [0, 0.1) is 5.82 Å². The van der Waals surface area contributed by atoms with Crippen molar-refractivity contribution >= 4 is 27.5 Å². The van der Waals surface area contributed by atoms with E-state index in [0.29, 0.717) is 12.1 Å². The first kappa shape index (κ1) is 14.5. The van der Waals surface area contributed by atoms with Gasteiger partial charge in [0, 0.05) is 22.6 Å². The first-order valence-electron chi connectivity index (χ1n) is 5.99. The molecule has 0 aliphatic carbocycles. The molecule has 1 unspecified atom stereocenters. The van der Waals surface area contributed by atoms with E-state index in [4.69, 9.17) is 11.6 Å². The third-order valence-corrected chi connectivity index (χ3v) is 3.82. The Morgan fingerprint density at radius 1 is 1.21 bits per heavy atom. The Bertz CT molecular complexity index is 557. The lowest BCUT2D eigenvalue weighted by Gasteiger charge is -2.15. The Morgan fingerprint density at radius 2 is 1.89 bits per heavy atom. The van der Waals surface area contributed by atoms with E-state index < -0.39 is 0 Å². The van der Waals surface area contributed by atoms with E-state index in [9.17, 15) is 4.39 Å². The van der Waals surface area contributed by atoms with Crippen molar-refractivity contribution in [3.05, 3.63) is 68.9 Å². The lowest BCUT2D eigenvalue weighted by Crippen LogP contribution is -2.18. The van der Waals surface area contributed by atoms with Gasteiger partial charge in [0.1, 0.15) is 5.82 Å². The molecule has 0 aliphatic heterocycles. The van der Waals surface area contributed by atoms with Crippen molar-refractivity contribution in [2.24, 2.45) is 0 Å². The van der Waals surface area contributed by atoms with Gasteiger partial charge in [-0.25, -0.2) is 4.39 Å². The van der Waals surface area contributed by atoms with Gasteiger partial charge in [-0.3, -0.25) is 0 Å². The normalized spacial score (nSPS) is 12.4. The third kappa shape index (κ3) is 3.78. The molecule has 100 valence electrons. The molecule has 0 radical (unpaired) electrons. The van der Waals surface area contributed by atoms with Crippen molar-refractivity contribution < 1.29 is 4.39 Å². The fourth-order valence-electron chi connectivity index (χ4n) is 1.82. The van der Waals surface area contributed by atoms with Crippen LogP contribution in [0.1, 0.15) is 24.1 Å². The highest BCUT2D eigenvalue weighted by atomic mass is 79.9. The highest BCUT2D eigenvalue weighted by molar-refractivity contribution is 9.10. The van der Waals surface area contributed by atoms with Gasteiger partial charge in [-0.15, -0.1) is 0 Å². The highest BCUT2D eigenvalue weighted by Gasteiger charge is 2.09. The topological polar surface area (TPSA) is 12.0 Å². The maximum Gasteiger partial charge on any atom is 0.146 e. The maximum absolute atomic E-state index is 13.7. The number of hydrogen-bond donors (Lipinski definition) is 1. The standard InChI is InChI=1S/C15H14BrClFN/c1-10(11-5-7-13(16)8-6-11)19-9-12-3-2-4-14(17)15(12)18/h2-8,10,19H,9H2,1H3. The van der Waals surface area contributed by atoms with Crippen LogP contribution in [-0.4, -0.2) is 0 Å². The van der Waals surface area contributed by atoms with E-state index in [2.05, 4.69) is 21.2 Å². The van der Waals surface area contributed by atoms with Crippen molar-refractivity contribution in [3.63, 3.8) is 0 Å². The molecule has 0 spiro atoms. The van der Waals surface area contributed by atoms with E-state index in [-0.39, 0.29) is 16.9 Å². The summed E-state index contributed by atoms with van der Waals surface area (Å²) in [4.78, 5) is 0. The quantitative estimate of drug-likeness (QED) is 0.816. The monoisotopic (exact) mass is 341 g/mol. The molecule has 0 bridgehead atoms. The molecule has 19 heavy (non-hydrogen) atoms. The zero-order valence-corrected chi connectivity index (χ0v) is 12.8. The van der Waals surface area contributed by atoms with Crippen LogP contribution in [0.15, 0.2) is 46.9 Å². The molecule has 2 rings (SSSR count). The fraction of sp³-hybridized carbons (Fsp3) is 0.200. The van der Waals surface area contributed by atoms with Crippen LogP contribution in [0.25, 0.3) is 0 Å². The molecule has 2 aromatic carbocycles. The van der Waals surface area contributed by atoms with E-state index in [1.807, 2.05) is 31.2 Å². The molecule has 4 heteroatoms. The predicted molar refractivity (Wildman–Crippen MR) is 80.8 cm³/mol. The Labute approximate surface area is 125 Å². The van der Waals surface area contributed by atoms with Crippen LogP contribution >= 0.6 is 27.5 Å². The molecular weight excluding hydrogens is 329 g/mol. The third-order valence-electron chi connectivity index (χ3n) is 3.00. The van der Waals surface area contributed by atoms with Gasteiger partial charge in [-0.1, -0.05) is 51.8 Å². The lowest BCUT2D eigenvalue weighted by atomic mass is 10.1. The summed E-state index contributed by atoms with van der Waals surface area (Å²) in [5.41, 5.74) is 1.74. The minimum absolute atomic E-state index is 0.145. The van der Waals surface area contributed by atoms with Gasteiger partial charge in [-0.05, 0) is 30.7 Å². The largest absolute Gasteiger partial charge is 0.306 e. The molecular formula is C15H14BrClFN. The van der Waals surface area contributed by atoms with Crippen molar-refractivity contribution in [1.82, 2.24) is 5.32 Å². The maximum atomic E-state index is 13.7. The van der Waals surface area contributed by atoms with E-state index in [1.165, 1.54) is 0 Å². The van der Waals surface area contributed by atoms with Crippen LogP contribution in [0.4, 0.5) is 4.39 Å². The number of rotatable bonds is 4. The second-order valence-electron chi connectivity index (χ2n) is 4.37. The zero-order chi connectivity index (χ0) is 13.8. The predicted octanol–water partition coefficient (Wildman–Crippen LogP) is 5.09. The summed E-state index contributed by atoms with van der Waals surface area (Å²) in [5.74, 6) is -0.348. The Morgan fingerprint density at radius 3 is 2.58 bits per heavy atom. The van der Waals surface area contributed by atoms with E-state index >= 15 is 0 Å². The fourth-order valence-corrected chi connectivity index (χ4v) is 2.28. The lowest BCUT2D eigenvalue weighted by molar-refractivity contribution is 0.544. The molecule has 0 saturated heterocycles. The summed E-state index contributed by atoms with van der Waals surface area (Å²) < 4.78 is 14.8. The molecule has 2 aromatic rings. The minimum Gasteiger partial charge on any atom is -0.306 e. The van der Waals surface area contributed by atoms with Crippen LogP contribution in [0.2, 0.25) is 5.02 Å². The number of benzene rings is 2. The number of halogens is 3. The zero-order valence-electron chi connectivity index (χ0n) is 10.5. The van der Waals surface area contributed by atoms with Gasteiger partial charge in [0.15, 0.2) is 0 Å². The first-order chi connectivity index (χ1) is 9.08. The smallest absolute Gasteiger partial charge is 0.146 e. The van der Waals surface area contributed by atoms with Gasteiger partial charge < -0.3 is 5.32 Å². The van der Waals surface area contributed by atoms with Gasteiger partial charge in [0.05, 0.1) is 5.02 Å². The number of hydrogen-bond acceptors (Lipinski definition) is 1. The molecule has 0 saturated carbocycles. The van der Waals surface area contributed by atoms with Crippen LogP contribution in [-0.2, 0) is 6.54 Å². The van der Waals surface area contributed by atoms with Crippen LogP contribution < -0.4 is 5.32 Å². The summed E-state index contributed by atoms with van der Waals surface area (Å²) in [6.07, 6.45) is 0. The van der Waals surface area contributed by atoms with Gasteiger partial charge >= 0.3 is 0 Å². The first-order valence-corrected chi connectivity index (χ1v) is 7.17. The van der Waals surface area contributed by atoms with Gasteiger partial charge in [0.25, 0.3) is 0 Å². The van der Waals surface area contributed by atoms with E-state index in [1.54, 1.807) is 18.2 Å². The molecule has 0 aliphatic rings. The Hall–Kier alpha value is -0.900. The second-order valence-corrected chi connectivity index (χ2v) is 5.69. The van der Waals surface area contributed by atoms with Gasteiger partial charge in [-0.2, -0.15) is 0 Å². The van der Waals surface area contributed by atoms with Crippen LogP contribution in [0.5, 0.6) is 0 Å². The van der Waals surface area contributed by atoms with Crippen molar-refractivity contribution in [1.29, 1.82) is 0 Å². The minimum atomic E-state index is -0.348. The molecule has 1 nitrogen and oxygen atoms in total. The summed E-state index contributed by atoms with van der Waals surface area (Å²) in [5, 5.41) is 3.45. The van der Waals surface area contributed by atoms with Crippen molar-refractivity contribution in [3.8, 4) is 0 Å². The van der Waals surface area contributed by atoms with E-state index in [0.717, 1.165) is 10.0 Å². The summed E-state index contributed by atoms with van der Waals surface area (Å²) >= 11 is 9.16. The SMILES string of the molecule is CC(NCc1cccc(Cl)c1F)c1ccc(Br)cc1. The summed E-state index contributed by atoms with van der Waals surface area (Å²) in [7, 11) is 0. The van der Waals surface area contributed by atoms with Gasteiger partial charge in [0.2, 0.25) is 0 Å². The molecule has 1 atom stereocenters. The Kier molecular flexibility index (Phi) is 4.97. The average molecular weight is 343 g/mol. The molecule has 0 heterocycles. The Balaban J connectivity index is 2.02. The molecule has 1 N–H and O–H groups in total. The molecule has 0 amide bonds. The van der Waals surface area contributed by atoms with Crippen LogP contribution in [0.3, 0.4) is 0 Å². The summed E-state index contributed by atoms with van der Waals surface area (Å²) in [6, 6.07) is 13.3. The number of nitrogens with one attached hydrogen (secondary N) is 1. The van der Waals surface area contributed by atoms with Crippen molar-refractivity contribution in [2.75, 3.05) is 0 Å². The average Bonchev–Trinajstić information content (AvgIpc) is 2.41. The van der Waals surface area contributed by atoms with Crippen molar-refractivity contribution in [2.45, 2.75) is 19.5 Å². The second kappa shape index (κ2) is 6.51. The molecule has 0 fully saturated rings. The highest BCUT2D eigenvalue weighted by Crippen LogP contribution is 2.20. The molecule has 0 aromatic heterocycles. The summed E-state index contributed by atoms with van der Waals surface area (Å²) in [6.45, 7) is 2.50.